The summed E-state index contributed by atoms with van der Waals surface area (Å²) in [5, 5.41) is 12.3. The quantitative estimate of drug-likeness (QED) is 0.943. The summed E-state index contributed by atoms with van der Waals surface area (Å²) in [5.41, 5.74) is 0.286. The lowest BCUT2D eigenvalue weighted by atomic mass is 10.1. The van der Waals surface area contributed by atoms with Crippen LogP contribution < -0.4 is 0 Å². The zero-order valence-electron chi connectivity index (χ0n) is 10.6. The van der Waals surface area contributed by atoms with E-state index in [4.69, 9.17) is 16.7 Å². The zero-order valence-corrected chi connectivity index (χ0v) is 11.3. The SMILES string of the molecule is Cc1ccc(Cn2nc(C(F)(F)F)c(CO)c2Cl)cc1. The first-order valence-electron chi connectivity index (χ1n) is 5.81. The van der Waals surface area contributed by atoms with Gasteiger partial charge in [-0.2, -0.15) is 18.3 Å². The van der Waals surface area contributed by atoms with Gasteiger partial charge in [-0.1, -0.05) is 41.4 Å². The van der Waals surface area contributed by atoms with Gasteiger partial charge in [0.1, 0.15) is 5.15 Å². The molecule has 1 aromatic carbocycles. The van der Waals surface area contributed by atoms with E-state index in [0.29, 0.717) is 0 Å². The molecule has 0 unspecified atom stereocenters. The van der Waals surface area contributed by atoms with Gasteiger partial charge in [0.05, 0.1) is 13.2 Å². The number of alkyl halides is 3. The molecule has 2 aromatic rings. The first-order valence-corrected chi connectivity index (χ1v) is 6.19. The van der Waals surface area contributed by atoms with Crippen molar-refractivity contribution in [2.45, 2.75) is 26.3 Å². The van der Waals surface area contributed by atoms with E-state index in [1.54, 1.807) is 12.1 Å². The van der Waals surface area contributed by atoms with Crippen molar-refractivity contribution in [3.05, 3.63) is 51.8 Å². The van der Waals surface area contributed by atoms with E-state index in [0.717, 1.165) is 15.8 Å². The Kier molecular flexibility index (Phi) is 4.06. The predicted molar refractivity (Wildman–Crippen MR) is 68.4 cm³/mol. The van der Waals surface area contributed by atoms with Crippen LogP contribution in [-0.4, -0.2) is 14.9 Å². The Labute approximate surface area is 118 Å². The number of rotatable bonds is 3. The lowest BCUT2D eigenvalue weighted by Crippen LogP contribution is -2.10. The number of hydrogen-bond acceptors (Lipinski definition) is 2. The molecule has 0 spiro atoms. The molecule has 1 aromatic heterocycles. The topological polar surface area (TPSA) is 38.0 Å². The highest BCUT2D eigenvalue weighted by atomic mass is 35.5. The molecule has 20 heavy (non-hydrogen) atoms. The van der Waals surface area contributed by atoms with Crippen LogP contribution in [0.4, 0.5) is 13.2 Å². The molecule has 0 aliphatic heterocycles. The fourth-order valence-corrected chi connectivity index (χ4v) is 2.06. The lowest BCUT2D eigenvalue weighted by molar-refractivity contribution is -0.142. The molecule has 0 amide bonds. The fourth-order valence-electron chi connectivity index (χ4n) is 1.82. The number of aromatic nitrogens is 2. The number of halogens is 4. The summed E-state index contributed by atoms with van der Waals surface area (Å²) in [4.78, 5) is 0. The number of benzene rings is 1. The molecule has 3 nitrogen and oxygen atoms in total. The Morgan fingerprint density at radius 1 is 1.25 bits per heavy atom. The van der Waals surface area contributed by atoms with E-state index in [-0.39, 0.29) is 11.7 Å². The molecule has 1 N–H and O–H groups in total. The van der Waals surface area contributed by atoms with Crippen LogP contribution in [0.25, 0.3) is 0 Å². The van der Waals surface area contributed by atoms with Gasteiger partial charge >= 0.3 is 6.18 Å². The van der Waals surface area contributed by atoms with Gasteiger partial charge in [0.2, 0.25) is 0 Å². The smallest absolute Gasteiger partial charge is 0.391 e. The standard InChI is InChI=1S/C13H12ClF3N2O/c1-8-2-4-9(5-3-8)6-19-12(14)10(7-20)11(18-19)13(15,16)17/h2-5,20H,6-7H2,1H3. The van der Waals surface area contributed by atoms with Crippen molar-refractivity contribution in [1.29, 1.82) is 0 Å². The Morgan fingerprint density at radius 2 is 1.85 bits per heavy atom. The molecule has 7 heteroatoms. The molecule has 108 valence electrons. The van der Waals surface area contributed by atoms with Gasteiger partial charge in [-0.3, -0.25) is 0 Å². The van der Waals surface area contributed by atoms with Gasteiger partial charge in [-0.15, -0.1) is 0 Å². The van der Waals surface area contributed by atoms with Crippen molar-refractivity contribution < 1.29 is 18.3 Å². The first-order chi connectivity index (χ1) is 9.32. The van der Waals surface area contributed by atoms with Crippen LogP contribution in [0.15, 0.2) is 24.3 Å². The second-order valence-electron chi connectivity index (χ2n) is 4.42. The van der Waals surface area contributed by atoms with Crippen LogP contribution in [0.1, 0.15) is 22.4 Å². The van der Waals surface area contributed by atoms with E-state index in [2.05, 4.69) is 5.10 Å². The zero-order chi connectivity index (χ0) is 14.9. The number of aryl methyl sites for hydroxylation is 1. The van der Waals surface area contributed by atoms with Crippen molar-refractivity contribution >= 4 is 11.6 Å². The predicted octanol–water partition coefficient (Wildman–Crippen LogP) is 3.40. The van der Waals surface area contributed by atoms with Crippen molar-refractivity contribution in [2.75, 3.05) is 0 Å². The van der Waals surface area contributed by atoms with Gasteiger partial charge in [-0.25, -0.2) is 4.68 Å². The molecule has 0 radical (unpaired) electrons. The largest absolute Gasteiger partial charge is 0.435 e. The Bertz CT molecular complexity index is 605. The average Bonchev–Trinajstić information content (AvgIpc) is 2.69. The van der Waals surface area contributed by atoms with E-state index in [1.807, 2.05) is 19.1 Å². The highest BCUT2D eigenvalue weighted by Crippen LogP contribution is 2.34. The van der Waals surface area contributed by atoms with Crippen LogP contribution in [0.2, 0.25) is 5.15 Å². The summed E-state index contributed by atoms with van der Waals surface area (Å²) in [7, 11) is 0. The van der Waals surface area contributed by atoms with Gasteiger partial charge in [-0.05, 0) is 12.5 Å². The second-order valence-corrected chi connectivity index (χ2v) is 4.78. The molecule has 0 aliphatic rings. The molecule has 1 heterocycles. The monoisotopic (exact) mass is 304 g/mol. The Hall–Kier alpha value is -1.53. The van der Waals surface area contributed by atoms with Gasteiger partial charge < -0.3 is 5.11 Å². The van der Waals surface area contributed by atoms with Crippen molar-refractivity contribution in [3.8, 4) is 0 Å². The molecule has 0 fully saturated rings. The molecule has 2 rings (SSSR count). The average molecular weight is 305 g/mol. The Morgan fingerprint density at radius 3 is 2.30 bits per heavy atom. The summed E-state index contributed by atoms with van der Waals surface area (Å²) < 4.78 is 39.4. The third-order valence-electron chi connectivity index (χ3n) is 2.86. The minimum absolute atomic E-state index is 0.113. The number of nitrogens with zero attached hydrogens (tertiary/aromatic N) is 2. The summed E-state index contributed by atoms with van der Waals surface area (Å²) >= 11 is 5.86. The third-order valence-corrected chi connectivity index (χ3v) is 3.28. The first kappa shape index (κ1) is 14.9. The number of aliphatic hydroxyl groups excluding tert-OH is 1. The van der Waals surface area contributed by atoms with E-state index in [1.165, 1.54) is 0 Å². The molecular formula is C13H12ClF3N2O. The maximum absolute atomic E-state index is 12.8. The van der Waals surface area contributed by atoms with E-state index in [9.17, 15) is 13.2 Å². The third kappa shape index (κ3) is 2.96. The van der Waals surface area contributed by atoms with Crippen molar-refractivity contribution in [3.63, 3.8) is 0 Å². The molecule has 0 saturated carbocycles. The van der Waals surface area contributed by atoms with Crippen LogP contribution in [0.5, 0.6) is 0 Å². The summed E-state index contributed by atoms with van der Waals surface area (Å²) in [6, 6.07) is 7.28. The molecular weight excluding hydrogens is 293 g/mol. The molecule has 0 atom stereocenters. The van der Waals surface area contributed by atoms with Crippen LogP contribution in [0.3, 0.4) is 0 Å². The van der Waals surface area contributed by atoms with Crippen LogP contribution in [-0.2, 0) is 19.3 Å². The molecule has 0 aliphatic carbocycles. The Balaban J connectivity index is 2.38. The van der Waals surface area contributed by atoms with E-state index >= 15 is 0 Å². The normalized spacial score (nSPS) is 11.9. The highest BCUT2D eigenvalue weighted by Gasteiger charge is 2.38. The number of hydrogen-bond donors (Lipinski definition) is 1. The number of aliphatic hydroxyl groups is 1. The second kappa shape index (κ2) is 5.46. The highest BCUT2D eigenvalue weighted by molar-refractivity contribution is 6.30. The van der Waals surface area contributed by atoms with Crippen molar-refractivity contribution in [1.82, 2.24) is 9.78 Å². The van der Waals surface area contributed by atoms with E-state index < -0.39 is 24.0 Å². The minimum atomic E-state index is -4.64. The molecule has 0 bridgehead atoms. The van der Waals surface area contributed by atoms with Gasteiger partial charge in [0.15, 0.2) is 5.69 Å². The fraction of sp³-hybridized carbons (Fsp3) is 0.308. The van der Waals surface area contributed by atoms with Gasteiger partial charge in [0, 0.05) is 5.56 Å². The lowest BCUT2D eigenvalue weighted by Gasteiger charge is -2.04. The van der Waals surface area contributed by atoms with Crippen LogP contribution >= 0.6 is 11.6 Å². The summed E-state index contributed by atoms with van der Waals surface area (Å²) in [6.07, 6.45) is -4.64. The van der Waals surface area contributed by atoms with Crippen molar-refractivity contribution in [2.24, 2.45) is 0 Å². The van der Waals surface area contributed by atoms with Crippen LogP contribution in [0, 0.1) is 6.92 Å². The molecule has 0 saturated heterocycles. The minimum Gasteiger partial charge on any atom is -0.391 e. The summed E-state index contributed by atoms with van der Waals surface area (Å²) in [5.74, 6) is 0. The van der Waals surface area contributed by atoms with Gasteiger partial charge in [0.25, 0.3) is 0 Å². The maximum atomic E-state index is 12.8. The summed E-state index contributed by atoms with van der Waals surface area (Å²) in [6.45, 7) is 1.22. The maximum Gasteiger partial charge on any atom is 0.435 e.